The fourth-order valence-electron chi connectivity index (χ4n) is 4.00. The Kier molecular flexibility index (Phi) is 4.68. The van der Waals surface area contributed by atoms with Crippen LogP contribution in [0, 0.1) is 13.8 Å². The Hall–Kier alpha value is -4.05. The number of aromatic nitrogens is 2. The molecule has 5 rings (SSSR count). The molecule has 3 aromatic carbocycles. The molecule has 1 amide bonds. The molecule has 0 aliphatic heterocycles. The van der Waals surface area contributed by atoms with E-state index in [1.165, 1.54) is 0 Å². The highest BCUT2D eigenvalue weighted by atomic mass is 16.1. The third kappa shape index (κ3) is 3.64. The maximum atomic E-state index is 13.4. The van der Waals surface area contributed by atoms with Crippen molar-refractivity contribution in [2.75, 3.05) is 5.32 Å². The molecule has 2 heterocycles. The van der Waals surface area contributed by atoms with E-state index in [9.17, 15) is 4.79 Å². The molecule has 31 heavy (non-hydrogen) atoms. The molecule has 0 spiro atoms. The fourth-order valence-corrected chi connectivity index (χ4v) is 4.00. The van der Waals surface area contributed by atoms with Crippen molar-refractivity contribution >= 4 is 33.3 Å². The Morgan fingerprint density at radius 3 is 2.52 bits per heavy atom. The normalized spacial score (nSPS) is 11.0. The predicted molar refractivity (Wildman–Crippen MR) is 126 cm³/mol. The molecule has 0 fully saturated rings. The fraction of sp³-hybridized carbons (Fsp3) is 0.0741. The van der Waals surface area contributed by atoms with E-state index in [4.69, 9.17) is 4.98 Å². The number of hydrogen-bond donors (Lipinski definition) is 1. The SMILES string of the molecule is Cc1cc(C)c2nc(-c3cccnc3)cc(C(=O)Nc3ccc4ccccc4c3)c2c1. The van der Waals surface area contributed by atoms with Crippen LogP contribution in [0.2, 0.25) is 0 Å². The summed E-state index contributed by atoms with van der Waals surface area (Å²) in [5.41, 5.74) is 5.95. The smallest absolute Gasteiger partial charge is 0.256 e. The van der Waals surface area contributed by atoms with E-state index in [-0.39, 0.29) is 5.91 Å². The zero-order valence-electron chi connectivity index (χ0n) is 17.4. The Bertz CT molecular complexity index is 1440. The molecule has 0 bridgehead atoms. The van der Waals surface area contributed by atoms with Gasteiger partial charge in [0.15, 0.2) is 0 Å². The van der Waals surface area contributed by atoms with Crippen molar-refractivity contribution in [2.45, 2.75) is 13.8 Å². The van der Waals surface area contributed by atoms with Gasteiger partial charge in [-0.2, -0.15) is 0 Å². The first-order valence-electron chi connectivity index (χ1n) is 10.2. The van der Waals surface area contributed by atoms with E-state index in [1.54, 1.807) is 12.4 Å². The van der Waals surface area contributed by atoms with Crippen LogP contribution >= 0.6 is 0 Å². The number of benzene rings is 3. The second-order valence-corrected chi connectivity index (χ2v) is 7.79. The molecule has 2 aromatic heterocycles. The van der Waals surface area contributed by atoms with Crippen molar-refractivity contribution < 1.29 is 4.79 Å². The zero-order chi connectivity index (χ0) is 21.4. The average molecular weight is 403 g/mol. The van der Waals surface area contributed by atoms with Crippen LogP contribution in [0.15, 0.2) is 85.2 Å². The predicted octanol–water partition coefficient (Wildman–Crippen LogP) is 6.32. The lowest BCUT2D eigenvalue weighted by atomic mass is 9.99. The van der Waals surface area contributed by atoms with E-state index >= 15 is 0 Å². The Morgan fingerprint density at radius 2 is 1.71 bits per heavy atom. The van der Waals surface area contributed by atoms with Crippen LogP contribution in [-0.2, 0) is 0 Å². The topological polar surface area (TPSA) is 54.9 Å². The summed E-state index contributed by atoms with van der Waals surface area (Å²) < 4.78 is 0. The van der Waals surface area contributed by atoms with Crippen molar-refractivity contribution in [1.29, 1.82) is 0 Å². The van der Waals surface area contributed by atoms with E-state index in [0.29, 0.717) is 5.56 Å². The lowest BCUT2D eigenvalue weighted by Crippen LogP contribution is -2.13. The molecule has 0 aliphatic rings. The highest BCUT2D eigenvalue weighted by Crippen LogP contribution is 2.28. The van der Waals surface area contributed by atoms with E-state index in [2.05, 4.69) is 22.4 Å². The molecule has 0 saturated heterocycles. The molecule has 5 aromatic rings. The molecule has 0 aliphatic carbocycles. The number of aryl methyl sites for hydroxylation is 2. The van der Waals surface area contributed by atoms with Gasteiger partial charge in [0, 0.05) is 29.0 Å². The molecule has 4 heteroatoms. The average Bonchev–Trinajstić information content (AvgIpc) is 2.79. The molecule has 0 unspecified atom stereocenters. The number of hydrogen-bond acceptors (Lipinski definition) is 3. The van der Waals surface area contributed by atoms with Crippen LogP contribution in [0.25, 0.3) is 32.9 Å². The van der Waals surface area contributed by atoms with Crippen molar-refractivity contribution in [3.05, 3.63) is 102 Å². The monoisotopic (exact) mass is 403 g/mol. The first kappa shape index (κ1) is 18.9. The Labute approximate surface area is 180 Å². The first-order valence-corrected chi connectivity index (χ1v) is 10.2. The molecule has 0 radical (unpaired) electrons. The highest BCUT2D eigenvalue weighted by molar-refractivity contribution is 6.14. The number of pyridine rings is 2. The van der Waals surface area contributed by atoms with Crippen LogP contribution in [0.4, 0.5) is 5.69 Å². The highest BCUT2D eigenvalue weighted by Gasteiger charge is 2.16. The van der Waals surface area contributed by atoms with Gasteiger partial charge in [-0.05, 0) is 66.6 Å². The number of nitrogens with one attached hydrogen (secondary N) is 1. The van der Waals surface area contributed by atoms with E-state index in [1.807, 2.05) is 74.5 Å². The first-order chi connectivity index (χ1) is 15.1. The maximum Gasteiger partial charge on any atom is 0.256 e. The van der Waals surface area contributed by atoms with Gasteiger partial charge in [-0.15, -0.1) is 0 Å². The lowest BCUT2D eigenvalue weighted by Gasteiger charge is -2.13. The number of amides is 1. The largest absolute Gasteiger partial charge is 0.322 e. The van der Waals surface area contributed by atoms with Gasteiger partial charge in [0.25, 0.3) is 5.91 Å². The zero-order valence-corrected chi connectivity index (χ0v) is 17.4. The van der Waals surface area contributed by atoms with Gasteiger partial charge in [0.1, 0.15) is 0 Å². The summed E-state index contributed by atoms with van der Waals surface area (Å²) in [6.07, 6.45) is 3.50. The number of nitrogens with zero attached hydrogens (tertiary/aromatic N) is 2. The van der Waals surface area contributed by atoms with Crippen LogP contribution in [0.5, 0.6) is 0 Å². The minimum atomic E-state index is -0.155. The summed E-state index contributed by atoms with van der Waals surface area (Å²) >= 11 is 0. The maximum absolute atomic E-state index is 13.4. The molecule has 150 valence electrons. The van der Waals surface area contributed by atoms with Crippen LogP contribution in [0.3, 0.4) is 0 Å². The molecular formula is C27H21N3O. The summed E-state index contributed by atoms with van der Waals surface area (Å²) in [5, 5.41) is 6.15. The minimum absolute atomic E-state index is 0.155. The standard InChI is InChI=1S/C27H21N3O/c1-17-12-18(2)26-23(13-17)24(15-25(30-26)21-8-5-11-28-16-21)27(31)29-22-10-9-19-6-3-4-7-20(19)14-22/h3-16H,1-2H3,(H,29,31). The summed E-state index contributed by atoms with van der Waals surface area (Å²) in [6.45, 7) is 4.06. The number of anilines is 1. The summed E-state index contributed by atoms with van der Waals surface area (Å²) in [6, 6.07) is 23.9. The lowest BCUT2D eigenvalue weighted by molar-refractivity contribution is 0.102. The summed E-state index contributed by atoms with van der Waals surface area (Å²) in [5.74, 6) is -0.155. The Balaban J connectivity index is 1.63. The van der Waals surface area contributed by atoms with E-state index < -0.39 is 0 Å². The van der Waals surface area contributed by atoms with Gasteiger partial charge in [-0.1, -0.05) is 42.0 Å². The molecule has 4 nitrogen and oxygen atoms in total. The van der Waals surface area contributed by atoms with Crippen LogP contribution < -0.4 is 5.32 Å². The van der Waals surface area contributed by atoms with Gasteiger partial charge < -0.3 is 5.32 Å². The minimum Gasteiger partial charge on any atom is -0.322 e. The molecule has 0 atom stereocenters. The quantitative estimate of drug-likeness (QED) is 0.383. The van der Waals surface area contributed by atoms with Gasteiger partial charge >= 0.3 is 0 Å². The third-order valence-electron chi connectivity index (χ3n) is 5.46. The summed E-state index contributed by atoms with van der Waals surface area (Å²) in [7, 11) is 0. The van der Waals surface area contributed by atoms with Crippen LogP contribution in [-0.4, -0.2) is 15.9 Å². The number of rotatable bonds is 3. The molecule has 1 N–H and O–H groups in total. The second kappa shape index (κ2) is 7.65. The third-order valence-corrected chi connectivity index (χ3v) is 5.46. The van der Waals surface area contributed by atoms with Gasteiger partial charge in [-0.3, -0.25) is 9.78 Å². The number of carbonyl (C=O) groups excluding carboxylic acids is 1. The summed E-state index contributed by atoms with van der Waals surface area (Å²) in [4.78, 5) is 22.5. The van der Waals surface area contributed by atoms with Crippen molar-refractivity contribution in [3.63, 3.8) is 0 Å². The van der Waals surface area contributed by atoms with Crippen LogP contribution in [0.1, 0.15) is 21.5 Å². The van der Waals surface area contributed by atoms with Crippen molar-refractivity contribution in [1.82, 2.24) is 9.97 Å². The number of fused-ring (bicyclic) bond motifs is 2. The van der Waals surface area contributed by atoms with Crippen molar-refractivity contribution in [2.24, 2.45) is 0 Å². The number of carbonyl (C=O) groups is 1. The van der Waals surface area contributed by atoms with Crippen molar-refractivity contribution in [3.8, 4) is 11.3 Å². The molecular weight excluding hydrogens is 382 g/mol. The second-order valence-electron chi connectivity index (χ2n) is 7.79. The molecule has 0 saturated carbocycles. The van der Waals surface area contributed by atoms with Gasteiger partial charge in [-0.25, -0.2) is 4.98 Å². The van der Waals surface area contributed by atoms with E-state index in [0.717, 1.165) is 49.7 Å². The Morgan fingerprint density at radius 1 is 0.871 bits per heavy atom. The van der Waals surface area contributed by atoms with Gasteiger partial charge in [0.05, 0.1) is 16.8 Å². The van der Waals surface area contributed by atoms with Gasteiger partial charge in [0.2, 0.25) is 0 Å².